The standard InChI is InChI=1S/C13H15N5/c14-6-9-4-12(16-7-9)13-5-11(17-18-13)10-2-1-3-15-8-10/h4-5,7,10,15-16H,1-3,8H2,(H,17,18)/t10-/m0/s1. The topological polar surface area (TPSA) is 80.3 Å². The third-order valence-corrected chi connectivity index (χ3v) is 3.42. The van der Waals surface area contributed by atoms with Gasteiger partial charge in [-0.05, 0) is 31.5 Å². The summed E-state index contributed by atoms with van der Waals surface area (Å²) < 4.78 is 0. The highest BCUT2D eigenvalue weighted by Crippen LogP contribution is 2.25. The van der Waals surface area contributed by atoms with Gasteiger partial charge in [-0.25, -0.2) is 0 Å². The van der Waals surface area contributed by atoms with Crippen LogP contribution in [0.2, 0.25) is 0 Å². The molecule has 3 heterocycles. The summed E-state index contributed by atoms with van der Waals surface area (Å²) in [5.41, 5.74) is 3.56. The van der Waals surface area contributed by atoms with Crippen LogP contribution in [0.4, 0.5) is 0 Å². The number of nitrogens with one attached hydrogen (secondary N) is 3. The fourth-order valence-corrected chi connectivity index (χ4v) is 2.41. The van der Waals surface area contributed by atoms with Crippen molar-refractivity contribution in [2.24, 2.45) is 0 Å². The summed E-state index contributed by atoms with van der Waals surface area (Å²) in [6.45, 7) is 2.12. The first kappa shape index (κ1) is 11.1. The number of nitrogens with zero attached hydrogens (tertiary/aromatic N) is 2. The SMILES string of the molecule is N#Cc1c[nH]c(-c2cc([C@H]3CCCNC3)[nH]n2)c1. The molecule has 5 heteroatoms. The van der Waals surface area contributed by atoms with Crippen molar-refractivity contribution in [3.05, 3.63) is 29.6 Å². The number of hydrogen-bond donors (Lipinski definition) is 3. The molecule has 0 spiro atoms. The van der Waals surface area contributed by atoms with Gasteiger partial charge in [0.15, 0.2) is 0 Å². The van der Waals surface area contributed by atoms with Crippen LogP contribution < -0.4 is 5.32 Å². The second-order valence-corrected chi connectivity index (χ2v) is 4.67. The molecule has 3 rings (SSSR count). The maximum absolute atomic E-state index is 8.80. The van der Waals surface area contributed by atoms with Crippen molar-refractivity contribution in [1.82, 2.24) is 20.5 Å². The van der Waals surface area contributed by atoms with Gasteiger partial charge in [-0.2, -0.15) is 10.4 Å². The Labute approximate surface area is 105 Å². The highest BCUT2D eigenvalue weighted by Gasteiger charge is 2.18. The van der Waals surface area contributed by atoms with Crippen LogP contribution >= 0.6 is 0 Å². The van der Waals surface area contributed by atoms with Gasteiger partial charge in [0.2, 0.25) is 0 Å². The molecular formula is C13H15N5. The molecule has 0 aliphatic carbocycles. The molecule has 1 atom stereocenters. The first-order valence-electron chi connectivity index (χ1n) is 6.22. The summed E-state index contributed by atoms with van der Waals surface area (Å²) >= 11 is 0. The Bertz CT molecular complexity index is 568. The Morgan fingerprint density at radius 3 is 3.06 bits per heavy atom. The van der Waals surface area contributed by atoms with Crippen molar-refractivity contribution in [2.45, 2.75) is 18.8 Å². The van der Waals surface area contributed by atoms with Crippen molar-refractivity contribution >= 4 is 0 Å². The quantitative estimate of drug-likeness (QED) is 0.749. The van der Waals surface area contributed by atoms with E-state index in [4.69, 9.17) is 5.26 Å². The van der Waals surface area contributed by atoms with Crippen molar-refractivity contribution in [1.29, 1.82) is 5.26 Å². The fourth-order valence-electron chi connectivity index (χ4n) is 2.41. The molecule has 2 aromatic heterocycles. The molecule has 18 heavy (non-hydrogen) atoms. The van der Waals surface area contributed by atoms with E-state index in [9.17, 15) is 0 Å². The van der Waals surface area contributed by atoms with Gasteiger partial charge in [-0.15, -0.1) is 0 Å². The summed E-state index contributed by atoms with van der Waals surface area (Å²) in [5.74, 6) is 0.519. The maximum atomic E-state index is 8.80. The van der Waals surface area contributed by atoms with Crippen LogP contribution in [0, 0.1) is 11.3 Å². The first-order valence-corrected chi connectivity index (χ1v) is 6.22. The van der Waals surface area contributed by atoms with Gasteiger partial charge in [0.05, 0.1) is 11.3 Å². The minimum atomic E-state index is 0.519. The molecule has 0 aromatic carbocycles. The van der Waals surface area contributed by atoms with Crippen LogP contribution in [0.3, 0.4) is 0 Å². The molecule has 92 valence electrons. The predicted octanol–water partition coefficient (Wildman–Crippen LogP) is 1.74. The predicted molar refractivity (Wildman–Crippen MR) is 67.9 cm³/mol. The third-order valence-electron chi connectivity index (χ3n) is 3.42. The summed E-state index contributed by atoms with van der Waals surface area (Å²) in [5, 5.41) is 19.6. The van der Waals surface area contributed by atoms with Gasteiger partial charge < -0.3 is 10.3 Å². The number of piperidine rings is 1. The van der Waals surface area contributed by atoms with Crippen LogP contribution in [0.1, 0.15) is 30.0 Å². The highest BCUT2D eigenvalue weighted by atomic mass is 15.1. The molecule has 0 amide bonds. The second kappa shape index (κ2) is 4.67. The van der Waals surface area contributed by atoms with Crippen LogP contribution in [-0.4, -0.2) is 28.3 Å². The lowest BCUT2D eigenvalue weighted by molar-refractivity contribution is 0.454. The summed E-state index contributed by atoms with van der Waals surface area (Å²) in [7, 11) is 0. The first-order chi connectivity index (χ1) is 8.86. The highest BCUT2D eigenvalue weighted by molar-refractivity contribution is 5.57. The number of hydrogen-bond acceptors (Lipinski definition) is 3. The number of rotatable bonds is 2. The molecule has 0 unspecified atom stereocenters. The molecule has 0 bridgehead atoms. The zero-order chi connectivity index (χ0) is 12.4. The van der Waals surface area contributed by atoms with E-state index in [2.05, 4.69) is 32.6 Å². The van der Waals surface area contributed by atoms with Crippen LogP contribution in [0.25, 0.3) is 11.4 Å². The van der Waals surface area contributed by atoms with Crippen molar-refractivity contribution < 1.29 is 0 Å². The monoisotopic (exact) mass is 241 g/mol. The Hall–Kier alpha value is -2.06. The molecule has 1 aliphatic heterocycles. The number of aromatic amines is 2. The van der Waals surface area contributed by atoms with Gasteiger partial charge in [0.1, 0.15) is 11.8 Å². The normalized spacial score (nSPS) is 19.6. The average Bonchev–Trinajstić information content (AvgIpc) is 3.08. The van der Waals surface area contributed by atoms with E-state index in [1.807, 2.05) is 6.07 Å². The Kier molecular flexibility index (Phi) is 2.87. The lowest BCUT2D eigenvalue weighted by Gasteiger charge is -2.21. The van der Waals surface area contributed by atoms with E-state index in [0.717, 1.165) is 24.5 Å². The molecule has 1 fully saturated rings. The average molecular weight is 241 g/mol. The molecule has 2 aromatic rings. The molecule has 0 radical (unpaired) electrons. The van der Waals surface area contributed by atoms with Crippen LogP contribution in [0.5, 0.6) is 0 Å². The van der Waals surface area contributed by atoms with E-state index in [-0.39, 0.29) is 0 Å². The van der Waals surface area contributed by atoms with Gasteiger partial charge in [-0.1, -0.05) is 0 Å². The minimum absolute atomic E-state index is 0.519. The molecule has 1 saturated heterocycles. The second-order valence-electron chi connectivity index (χ2n) is 4.67. The van der Waals surface area contributed by atoms with E-state index < -0.39 is 0 Å². The van der Waals surface area contributed by atoms with E-state index in [0.29, 0.717) is 11.5 Å². The smallest absolute Gasteiger partial charge is 0.109 e. The fraction of sp³-hybridized carbons (Fsp3) is 0.385. The maximum Gasteiger partial charge on any atom is 0.109 e. The lowest BCUT2D eigenvalue weighted by atomic mass is 9.96. The number of H-pyrrole nitrogens is 2. The number of nitriles is 1. The van der Waals surface area contributed by atoms with Gasteiger partial charge >= 0.3 is 0 Å². The van der Waals surface area contributed by atoms with Crippen LogP contribution in [-0.2, 0) is 0 Å². The Morgan fingerprint density at radius 1 is 1.39 bits per heavy atom. The molecule has 1 aliphatic rings. The largest absolute Gasteiger partial charge is 0.359 e. The van der Waals surface area contributed by atoms with E-state index in [1.165, 1.54) is 18.5 Å². The van der Waals surface area contributed by atoms with Crippen molar-refractivity contribution in [3.8, 4) is 17.5 Å². The zero-order valence-electron chi connectivity index (χ0n) is 10.0. The number of aromatic nitrogens is 3. The van der Waals surface area contributed by atoms with Crippen molar-refractivity contribution in [2.75, 3.05) is 13.1 Å². The van der Waals surface area contributed by atoms with Gasteiger partial charge in [-0.3, -0.25) is 5.10 Å². The Morgan fingerprint density at radius 2 is 2.33 bits per heavy atom. The molecule has 3 N–H and O–H groups in total. The zero-order valence-corrected chi connectivity index (χ0v) is 10.0. The van der Waals surface area contributed by atoms with Gasteiger partial charge in [0, 0.05) is 24.4 Å². The summed E-state index contributed by atoms with van der Waals surface area (Å²) in [4.78, 5) is 3.07. The van der Waals surface area contributed by atoms with E-state index >= 15 is 0 Å². The lowest BCUT2D eigenvalue weighted by Crippen LogP contribution is -2.28. The third kappa shape index (κ3) is 2.03. The van der Waals surface area contributed by atoms with Crippen LogP contribution in [0.15, 0.2) is 18.3 Å². The van der Waals surface area contributed by atoms with Gasteiger partial charge in [0.25, 0.3) is 0 Å². The summed E-state index contributed by atoms with van der Waals surface area (Å²) in [6.07, 6.45) is 4.11. The summed E-state index contributed by atoms with van der Waals surface area (Å²) in [6, 6.07) is 6.00. The van der Waals surface area contributed by atoms with E-state index in [1.54, 1.807) is 6.20 Å². The van der Waals surface area contributed by atoms with Crippen molar-refractivity contribution in [3.63, 3.8) is 0 Å². The molecular weight excluding hydrogens is 226 g/mol. The Balaban J connectivity index is 1.82. The molecule has 5 nitrogen and oxygen atoms in total. The molecule has 0 saturated carbocycles. The minimum Gasteiger partial charge on any atom is -0.359 e.